The number of ether oxygens (including phenoxy) is 2. The number of anilines is 2. The van der Waals surface area contributed by atoms with Gasteiger partial charge in [0.1, 0.15) is 17.7 Å². The number of morpholine rings is 1. The highest BCUT2D eigenvalue weighted by Gasteiger charge is 2.34. The van der Waals surface area contributed by atoms with Crippen molar-refractivity contribution in [2.75, 3.05) is 70.2 Å². The van der Waals surface area contributed by atoms with Crippen LogP contribution in [-0.4, -0.2) is 109 Å². The van der Waals surface area contributed by atoms with Crippen LogP contribution in [0.5, 0.6) is 5.75 Å². The van der Waals surface area contributed by atoms with Crippen molar-refractivity contribution in [3.63, 3.8) is 0 Å². The third kappa shape index (κ3) is 8.17. The lowest BCUT2D eigenvalue weighted by molar-refractivity contribution is -0.116. The molecule has 4 rings (SSSR count). The second kappa shape index (κ2) is 14.4. The Balaban J connectivity index is 1.49. The first-order valence-electron chi connectivity index (χ1n) is 14.2. The number of amides is 4. The van der Waals surface area contributed by atoms with Crippen molar-refractivity contribution in [3.05, 3.63) is 53.8 Å². The maximum absolute atomic E-state index is 13.7. The van der Waals surface area contributed by atoms with Gasteiger partial charge in [-0.2, -0.15) is 0 Å². The molecule has 3 atom stereocenters. The van der Waals surface area contributed by atoms with E-state index in [2.05, 4.69) is 15.5 Å². The quantitative estimate of drug-likeness (QED) is 0.414. The number of likely N-dealkylation sites (N-methyl/N-ethyl adjacent to an activating group) is 1. The number of aliphatic hydroxyl groups is 1. The molecule has 0 unspecified atom stereocenters. The molecule has 0 aromatic heterocycles. The van der Waals surface area contributed by atoms with Crippen LogP contribution in [0.1, 0.15) is 30.6 Å². The van der Waals surface area contributed by atoms with Gasteiger partial charge in [-0.05, 0) is 49.4 Å². The molecule has 0 aliphatic carbocycles. The van der Waals surface area contributed by atoms with Crippen molar-refractivity contribution < 1.29 is 33.4 Å². The van der Waals surface area contributed by atoms with Crippen LogP contribution in [-0.2, 0) is 9.53 Å². The Morgan fingerprint density at radius 3 is 2.50 bits per heavy atom. The molecule has 2 aliphatic rings. The van der Waals surface area contributed by atoms with Crippen molar-refractivity contribution in [3.8, 4) is 5.75 Å². The first-order valence-corrected chi connectivity index (χ1v) is 14.2. The Kier molecular flexibility index (Phi) is 10.7. The van der Waals surface area contributed by atoms with E-state index in [1.165, 1.54) is 29.2 Å². The summed E-state index contributed by atoms with van der Waals surface area (Å²) in [5.74, 6) is -0.754. The highest BCUT2D eigenvalue weighted by atomic mass is 19.1. The van der Waals surface area contributed by atoms with Crippen molar-refractivity contribution in [1.82, 2.24) is 14.7 Å². The lowest BCUT2D eigenvalue weighted by Crippen LogP contribution is -2.50. The number of benzene rings is 2. The molecule has 0 saturated carbocycles. The minimum atomic E-state index is -0.497. The van der Waals surface area contributed by atoms with Gasteiger partial charge in [-0.15, -0.1) is 0 Å². The van der Waals surface area contributed by atoms with Crippen molar-refractivity contribution in [2.45, 2.75) is 32.4 Å². The highest BCUT2D eigenvalue weighted by molar-refractivity contribution is 6.00. The molecular formula is C30H40FN5O6. The van der Waals surface area contributed by atoms with Crippen LogP contribution in [0, 0.1) is 11.7 Å². The highest BCUT2D eigenvalue weighted by Crippen LogP contribution is 2.31. The summed E-state index contributed by atoms with van der Waals surface area (Å²) in [6, 6.07) is 9.56. The topological polar surface area (TPSA) is 124 Å². The summed E-state index contributed by atoms with van der Waals surface area (Å²) in [5, 5.41) is 15.5. The van der Waals surface area contributed by atoms with Gasteiger partial charge in [-0.1, -0.05) is 6.92 Å². The van der Waals surface area contributed by atoms with E-state index in [0.29, 0.717) is 43.3 Å². The van der Waals surface area contributed by atoms with Gasteiger partial charge in [0.15, 0.2) is 0 Å². The summed E-state index contributed by atoms with van der Waals surface area (Å²) in [4.78, 5) is 44.5. The predicted molar refractivity (Wildman–Crippen MR) is 156 cm³/mol. The van der Waals surface area contributed by atoms with Gasteiger partial charge in [-0.25, -0.2) is 9.18 Å². The molecule has 3 N–H and O–H groups in total. The van der Waals surface area contributed by atoms with E-state index in [-0.39, 0.29) is 43.0 Å². The smallest absolute Gasteiger partial charge is 0.321 e. The zero-order valence-electron chi connectivity index (χ0n) is 24.3. The van der Waals surface area contributed by atoms with Gasteiger partial charge in [0.05, 0.1) is 38.0 Å². The van der Waals surface area contributed by atoms with Crippen LogP contribution in [0.3, 0.4) is 0 Å². The molecule has 1 saturated heterocycles. The number of halogens is 1. The van der Waals surface area contributed by atoms with Crippen molar-refractivity contribution >= 4 is 29.2 Å². The molecular weight excluding hydrogens is 545 g/mol. The second-order valence-corrected chi connectivity index (χ2v) is 10.9. The fraction of sp³-hybridized carbons (Fsp3) is 0.500. The fourth-order valence-electron chi connectivity index (χ4n) is 4.93. The molecule has 11 nitrogen and oxygen atoms in total. The summed E-state index contributed by atoms with van der Waals surface area (Å²) in [5.41, 5.74) is 1.19. The van der Waals surface area contributed by atoms with Crippen LogP contribution < -0.4 is 15.4 Å². The molecule has 2 heterocycles. The molecule has 42 heavy (non-hydrogen) atoms. The van der Waals surface area contributed by atoms with Crippen molar-refractivity contribution in [1.29, 1.82) is 0 Å². The van der Waals surface area contributed by atoms with Crippen LogP contribution in [0.25, 0.3) is 0 Å². The Hall–Kier alpha value is -3.74. The lowest BCUT2D eigenvalue weighted by Gasteiger charge is -2.38. The molecule has 2 aromatic carbocycles. The molecule has 0 radical (unpaired) electrons. The predicted octanol–water partition coefficient (Wildman–Crippen LogP) is 2.87. The minimum Gasteiger partial charge on any atom is -0.487 e. The average molecular weight is 586 g/mol. The third-order valence-corrected chi connectivity index (χ3v) is 7.60. The Morgan fingerprint density at radius 2 is 1.81 bits per heavy atom. The van der Waals surface area contributed by atoms with Gasteiger partial charge in [0, 0.05) is 56.9 Å². The zero-order chi connectivity index (χ0) is 30.2. The van der Waals surface area contributed by atoms with E-state index >= 15 is 0 Å². The van der Waals surface area contributed by atoms with Crippen LogP contribution in [0.4, 0.5) is 20.6 Å². The zero-order valence-corrected chi connectivity index (χ0v) is 24.3. The monoisotopic (exact) mass is 585 g/mol. The van der Waals surface area contributed by atoms with Crippen LogP contribution >= 0.6 is 0 Å². The van der Waals surface area contributed by atoms with Gasteiger partial charge in [-0.3, -0.25) is 14.5 Å². The molecule has 1 fully saturated rings. The normalized spacial score (nSPS) is 20.0. The van der Waals surface area contributed by atoms with E-state index in [9.17, 15) is 23.9 Å². The molecule has 2 aromatic rings. The molecule has 12 heteroatoms. The number of rotatable bonds is 9. The van der Waals surface area contributed by atoms with Crippen LogP contribution in [0.2, 0.25) is 0 Å². The van der Waals surface area contributed by atoms with Crippen LogP contribution in [0.15, 0.2) is 42.5 Å². The maximum atomic E-state index is 13.7. The first-order chi connectivity index (χ1) is 20.1. The minimum absolute atomic E-state index is 0.165. The van der Waals surface area contributed by atoms with Gasteiger partial charge >= 0.3 is 6.03 Å². The number of carbonyl (C=O) groups excluding carboxylic acids is 3. The molecule has 2 aliphatic heterocycles. The number of nitrogens with zero attached hydrogens (tertiary/aromatic N) is 3. The number of fused-ring (bicyclic) bond motifs is 1. The first kappa shape index (κ1) is 31.2. The average Bonchev–Trinajstić information content (AvgIpc) is 2.99. The number of hydrogen-bond donors (Lipinski definition) is 3. The Labute approximate surface area is 245 Å². The van der Waals surface area contributed by atoms with Gasteiger partial charge in [0.25, 0.3) is 5.91 Å². The number of nitrogens with one attached hydrogen (secondary N) is 2. The largest absolute Gasteiger partial charge is 0.487 e. The summed E-state index contributed by atoms with van der Waals surface area (Å²) in [6.45, 7) is 7.47. The van der Waals surface area contributed by atoms with Gasteiger partial charge < -0.3 is 35.0 Å². The molecule has 0 bridgehead atoms. The molecule has 0 spiro atoms. The second-order valence-electron chi connectivity index (χ2n) is 10.9. The maximum Gasteiger partial charge on any atom is 0.321 e. The number of hydrogen-bond acceptors (Lipinski definition) is 7. The number of carbonyl (C=O) groups is 3. The standard InChI is InChI=1S/C30H40FN5O6/c1-20-17-36(21(2)19-37)29(39)25-16-24(32-28(38)10-11-35-12-14-41-15-13-35)8-9-26(25)42-27(20)18-34(3)30(40)33-23-6-4-22(31)5-7-23/h4-9,16,20-21,27,37H,10-15,17-19H2,1-3H3,(H,32,38)(H,33,40)/t20-,21-,27-/m0/s1. The summed E-state index contributed by atoms with van der Waals surface area (Å²) in [6.07, 6.45) is -0.190. The van der Waals surface area contributed by atoms with E-state index in [1.54, 1.807) is 37.1 Å². The third-order valence-electron chi connectivity index (χ3n) is 7.60. The summed E-state index contributed by atoms with van der Waals surface area (Å²) in [7, 11) is 1.63. The molecule has 4 amide bonds. The fourth-order valence-corrected chi connectivity index (χ4v) is 4.93. The van der Waals surface area contributed by atoms with E-state index < -0.39 is 24.0 Å². The number of urea groups is 1. The van der Waals surface area contributed by atoms with E-state index in [0.717, 1.165) is 13.1 Å². The Bertz CT molecular complexity index is 1240. The number of aliphatic hydroxyl groups excluding tert-OH is 1. The van der Waals surface area contributed by atoms with Crippen molar-refractivity contribution in [2.24, 2.45) is 5.92 Å². The Morgan fingerprint density at radius 1 is 1.12 bits per heavy atom. The summed E-state index contributed by atoms with van der Waals surface area (Å²) < 4.78 is 24.9. The van der Waals surface area contributed by atoms with E-state index in [4.69, 9.17) is 9.47 Å². The van der Waals surface area contributed by atoms with E-state index in [1.807, 2.05) is 6.92 Å². The molecule has 228 valence electrons. The SMILES string of the molecule is C[C@H]1CN([C@@H](C)CO)C(=O)c2cc(NC(=O)CCN3CCOCC3)ccc2O[C@H]1CN(C)C(=O)Nc1ccc(F)cc1. The van der Waals surface area contributed by atoms with Gasteiger partial charge in [0.2, 0.25) is 5.91 Å². The lowest BCUT2D eigenvalue weighted by atomic mass is 9.99. The summed E-state index contributed by atoms with van der Waals surface area (Å²) >= 11 is 0.